The smallest absolute Gasteiger partial charge is 0.324 e. The molecule has 4 rings (SSSR count). The summed E-state index contributed by atoms with van der Waals surface area (Å²) in [6.45, 7) is 0.732. The normalized spacial score (nSPS) is 10.5. The van der Waals surface area contributed by atoms with Crippen molar-refractivity contribution in [3.63, 3.8) is 0 Å². The summed E-state index contributed by atoms with van der Waals surface area (Å²) in [5.74, 6) is 0.421. The predicted molar refractivity (Wildman–Crippen MR) is 102 cm³/mol. The molecule has 0 atom stereocenters. The Morgan fingerprint density at radius 2 is 1.96 bits per heavy atom. The number of amides is 2. The van der Waals surface area contributed by atoms with Crippen molar-refractivity contribution in [3.8, 4) is 11.4 Å². The lowest BCUT2D eigenvalue weighted by Crippen LogP contribution is -2.19. The van der Waals surface area contributed by atoms with Crippen LogP contribution in [0.15, 0.2) is 73.4 Å². The fourth-order valence-corrected chi connectivity index (χ4v) is 2.60. The number of anilines is 2. The van der Waals surface area contributed by atoms with E-state index in [9.17, 15) is 4.79 Å². The maximum absolute atomic E-state index is 12.2. The van der Waals surface area contributed by atoms with Crippen LogP contribution in [0.1, 0.15) is 5.56 Å². The summed E-state index contributed by atoms with van der Waals surface area (Å²) in [5.41, 5.74) is 3.30. The van der Waals surface area contributed by atoms with Crippen molar-refractivity contribution in [1.82, 2.24) is 24.7 Å². The van der Waals surface area contributed by atoms with Gasteiger partial charge in [0.05, 0.1) is 17.7 Å². The van der Waals surface area contributed by atoms with E-state index in [1.807, 2.05) is 53.2 Å². The van der Waals surface area contributed by atoms with Crippen LogP contribution < -0.4 is 10.6 Å². The zero-order valence-corrected chi connectivity index (χ0v) is 14.3. The molecule has 0 fully saturated rings. The zero-order chi connectivity index (χ0) is 18.5. The van der Waals surface area contributed by atoms with Crippen LogP contribution in [-0.4, -0.2) is 30.8 Å². The van der Waals surface area contributed by atoms with E-state index in [2.05, 4.69) is 30.8 Å². The molecule has 0 bridgehead atoms. The van der Waals surface area contributed by atoms with Crippen LogP contribution >= 0.6 is 0 Å². The highest BCUT2D eigenvalue weighted by Gasteiger charge is 2.08. The summed E-state index contributed by atoms with van der Waals surface area (Å²) in [6.07, 6.45) is 7.12. The van der Waals surface area contributed by atoms with Crippen LogP contribution in [0.5, 0.6) is 0 Å². The van der Waals surface area contributed by atoms with Crippen LogP contribution in [0.25, 0.3) is 11.4 Å². The molecule has 0 unspecified atom stereocenters. The first-order valence-corrected chi connectivity index (χ1v) is 8.36. The van der Waals surface area contributed by atoms with Gasteiger partial charge in [-0.25, -0.2) is 9.78 Å². The molecule has 8 nitrogen and oxygen atoms in total. The fourth-order valence-electron chi connectivity index (χ4n) is 2.60. The third kappa shape index (κ3) is 4.18. The number of H-pyrrole nitrogens is 1. The molecular formula is C19H17N7O. The summed E-state index contributed by atoms with van der Waals surface area (Å²) in [5, 5.41) is 12.4. The maximum Gasteiger partial charge on any atom is 0.324 e. The van der Waals surface area contributed by atoms with Gasteiger partial charge in [-0.1, -0.05) is 18.2 Å². The Bertz CT molecular complexity index is 1010. The summed E-state index contributed by atoms with van der Waals surface area (Å²) in [6, 6.07) is 14.6. The number of hydrogen-bond acceptors (Lipinski definition) is 4. The number of nitrogens with one attached hydrogen (secondary N) is 3. The number of pyridine rings is 1. The highest BCUT2D eigenvalue weighted by Crippen LogP contribution is 2.17. The summed E-state index contributed by atoms with van der Waals surface area (Å²) in [4.78, 5) is 20.4. The van der Waals surface area contributed by atoms with E-state index < -0.39 is 0 Å². The van der Waals surface area contributed by atoms with Crippen molar-refractivity contribution in [3.05, 3.63) is 79.0 Å². The van der Waals surface area contributed by atoms with Crippen molar-refractivity contribution >= 4 is 17.5 Å². The average molecular weight is 359 g/mol. The third-order valence-electron chi connectivity index (χ3n) is 3.90. The summed E-state index contributed by atoms with van der Waals surface area (Å²) < 4.78 is 1.98. The van der Waals surface area contributed by atoms with Gasteiger partial charge in [-0.05, 0) is 29.8 Å². The van der Waals surface area contributed by atoms with Crippen molar-refractivity contribution in [1.29, 1.82) is 0 Å². The van der Waals surface area contributed by atoms with E-state index in [4.69, 9.17) is 0 Å². The molecule has 3 N–H and O–H groups in total. The first-order chi connectivity index (χ1) is 13.3. The molecule has 0 saturated carbocycles. The van der Waals surface area contributed by atoms with Crippen molar-refractivity contribution in [2.24, 2.45) is 0 Å². The van der Waals surface area contributed by atoms with E-state index >= 15 is 0 Å². The van der Waals surface area contributed by atoms with Crippen LogP contribution in [-0.2, 0) is 6.54 Å². The third-order valence-corrected chi connectivity index (χ3v) is 3.90. The molecule has 0 aliphatic rings. The topological polar surface area (TPSA) is 101 Å². The second-order valence-electron chi connectivity index (χ2n) is 5.89. The molecule has 0 radical (unpaired) electrons. The number of hydrogen-bond donors (Lipinski definition) is 3. The number of rotatable bonds is 5. The van der Waals surface area contributed by atoms with E-state index in [-0.39, 0.29) is 6.03 Å². The van der Waals surface area contributed by atoms with Gasteiger partial charge in [-0.15, -0.1) is 0 Å². The molecule has 4 aromatic rings. The first-order valence-electron chi connectivity index (χ1n) is 8.36. The summed E-state index contributed by atoms with van der Waals surface area (Å²) >= 11 is 0. The van der Waals surface area contributed by atoms with Gasteiger partial charge in [-0.3, -0.25) is 15.4 Å². The fraction of sp³-hybridized carbons (Fsp3) is 0.0526. The standard InChI is InChI=1S/C19H17N7O/c27-19(23-18-11-17(24-25-18)16-3-1-2-8-21-16)22-15-6-4-14(5-7-15)12-26-10-9-20-13-26/h1-11,13H,12H2,(H3,22,23,24,25,27). The highest BCUT2D eigenvalue weighted by atomic mass is 16.2. The zero-order valence-electron chi connectivity index (χ0n) is 14.3. The van der Waals surface area contributed by atoms with E-state index in [1.54, 1.807) is 24.8 Å². The number of carbonyl (C=O) groups excluding carboxylic acids is 1. The molecule has 1 aromatic carbocycles. The van der Waals surface area contributed by atoms with Gasteiger partial charge < -0.3 is 9.88 Å². The second kappa shape index (κ2) is 7.52. The van der Waals surface area contributed by atoms with Crippen LogP contribution in [0.4, 0.5) is 16.3 Å². The molecule has 0 aliphatic heterocycles. The van der Waals surface area contributed by atoms with Gasteiger partial charge in [0.2, 0.25) is 0 Å². The minimum atomic E-state index is -0.364. The molecule has 134 valence electrons. The predicted octanol–water partition coefficient (Wildman–Crippen LogP) is 3.36. The molecule has 0 aliphatic carbocycles. The van der Waals surface area contributed by atoms with Crippen molar-refractivity contribution in [2.75, 3.05) is 10.6 Å². The van der Waals surface area contributed by atoms with Crippen LogP contribution in [0.2, 0.25) is 0 Å². The Balaban J connectivity index is 1.35. The number of carbonyl (C=O) groups is 1. The SMILES string of the molecule is O=C(Nc1ccc(Cn2ccnc2)cc1)Nc1cc(-c2ccccn2)[nH]n1. The molecular weight excluding hydrogens is 342 g/mol. The number of aromatic amines is 1. The molecule has 3 heterocycles. The Kier molecular flexibility index (Phi) is 4.60. The molecule has 2 amide bonds. The van der Waals surface area contributed by atoms with E-state index in [0.29, 0.717) is 11.5 Å². The lowest BCUT2D eigenvalue weighted by Gasteiger charge is -2.07. The molecule has 8 heteroatoms. The summed E-state index contributed by atoms with van der Waals surface area (Å²) in [7, 11) is 0. The second-order valence-corrected chi connectivity index (χ2v) is 5.89. The van der Waals surface area contributed by atoms with Gasteiger partial charge in [-0.2, -0.15) is 5.10 Å². The van der Waals surface area contributed by atoms with Gasteiger partial charge in [0.1, 0.15) is 0 Å². The number of aromatic nitrogens is 5. The lowest BCUT2D eigenvalue weighted by atomic mass is 10.2. The van der Waals surface area contributed by atoms with Crippen LogP contribution in [0.3, 0.4) is 0 Å². The van der Waals surface area contributed by atoms with Crippen molar-refractivity contribution in [2.45, 2.75) is 6.54 Å². The monoisotopic (exact) mass is 359 g/mol. The van der Waals surface area contributed by atoms with E-state index in [1.165, 1.54) is 0 Å². The largest absolute Gasteiger partial charge is 0.333 e. The van der Waals surface area contributed by atoms with E-state index in [0.717, 1.165) is 23.5 Å². The Morgan fingerprint density at radius 3 is 2.70 bits per heavy atom. The quantitative estimate of drug-likeness (QED) is 0.508. The number of imidazole rings is 1. The van der Waals surface area contributed by atoms with Gasteiger partial charge in [0.15, 0.2) is 5.82 Å². The number of nitrogens with zero attached hydrogens (tertiary/aromatic N) is 4. The van der Waals surface area contributed by atoms with Crippen molar-refractivity contribution < 1.29 is 4.79 Å². The Labute approximate surface area is 155 Å². The van der Waals surface area contributed by atoms with Gasteiger partial charge >= 0.3 is 6.03 Å². The highest BCUT2D eigenvalue weighted by molar-refractivity contribution is 5.99. The van der Waals surface area contributed by atoms with Gasteiger partial charge in [0.25, 0.3) is 0 Å². The molecule has 27 heavy (non-hydrogen) atoms. The average Bonchev–Trinajstić information content (AvgIpc) is 3.36. The minimum absolute atomic E-state index is 0.364. The number of benzene rings is 1. The first kappa shape index (κ1) is 16.5. The number of urea groups is 1. The Hall–Kier alpha value is -3.94. The minimum Gasteiger partial charge on any atom is -0.333 e. The Morgan fingerprint density at radius 1 is 1.07 bits per heavy atom. The maximum atomic E-state index is 12.2. The van der Waals surface area contributed by atoms with Crippen LogP contribution in [0, 0.1) is 0 Å². The molecule has 0 spiro atoms. The van der Waals surface area contributed by atoms with Gasteiger partial charge in [0, 0.05) is 36.9 Å². The molecule has 3 aromatic heterocycles. The molecule has 0 saturated heterocycles. The lowest BCUT2D eigenvalue weighted by molar-refractivity contribution is 0.262.